The van der Waals surface area contributed by atoms with Gasteiger partial charge in [-0.1, -0.05) is 193 Å². The molecule has 0 aromatic heterocycles. The van der Waals surface area contributed by atoms with Gasteiger partial charge in [0.15, 0.2) is 0 Å². The molecule has 0 bridgehead atoms. The van der Waals surface area contributed by atoms with Crippen LogP contribution >= 0.6 is 0 Å². The highest BCUT2D eigenvalue weighted by molar-refractivity contribution is 5.98. The van der Waals surface area contributed by atoms with Gasteiger partial charge in [-0.25, -0.2) is 14.4 Å². The van der Waals surface area contributed by atoms with E-state index in [2.05, 4.69) is 146 Å². The van der Waals surface area contributed by atoms with Crippen LogP contribution in [0.15, 0.2) is 223 Å². The van der Waals surface area contributed by atoms with Crippen molar-refractivity contribution in [1.82, 2.24) is 0 Å². The number of allylic oxidation sites excluding steroid dienone is 2. The van der Waals surface area contributed by atoms with Gasteiger partial charge in [0.25, 0.3) is 0 Å². The van der Waals surface area contributed by atoms with Crippen molar-refractivity contribution in [3.05, 3.63) is 295 Å². The molecule has 0 spiro atoms. The molecule has 0 fully saturated rings. The Hall–Kier alpha value is -10.9. The van der Waals surface area contributed by atoms with Crippen LogP contribution in [0.2, 0.25) is 0 Å². The minimum atomic E-state index is -1.32. The van der Waals surface area contributed by atoms with Crippen LogP contribution in [-0.4, -0.2) is 33.2 Å². The zero-order chi connectivity index (χ0) is 55.8. The van der Waals surface area contributed by atoms with Crippen molar-refractivity contribution in [3.63, 3.8) is 0 Å². The minimum absolute atomic E-state index is 0.255. The lowest BCUT2D eigenvalue weighted by molar-refractivity contribution is -0.133. The number of aliphatic carboxylic acids is 3. The van der Waals surface area contributed by atoms with E-state index in [9.17, 15) is 40.2 Å². The van der Waals surface area contributed by atoms with Crippen molar-refractivity contribution in [2.75, 3.05) is 4.90 Å². The Kier molecular flexibility index (Phi) is 17.6. The van der Waals surface area contributed by atoms with Crippen LogP contribution in [-0.2, 0) is 14.4 Å². The Morgan fingerprint density at radius 2 is 0.633 bits per heavy atom. The van der Waals surface area contributed by atoms with E-state index in [1.807, 2.05) is 78.9 Å². The second kappa shape index (κ2) is 25.6. The molecule has 0 saturated heterocycles. The Balaban J connectivity index is 1.17. The minimum Gasteiger partial charge on any atom is -0.478 e. The fourth-order valence-corrected chi connectivity index (χ4v) is 8.57. The lowest BCUT2D eigenvalue weighted by Crippen LogP contribution is -2.09. The summed E-state index contributed by atoms with van der Waals surface area (Å²) in [5.74, 6) is -3.60. The molecular formula is C70H53N3O6. The van der Waals surface area contributed by atoms with Crippen molar-refractivity contribution < 1.29 is 29.7 Å². The Labute approximate surface area is 459 Å². The van der Waals surface area contributed by atoms with Gasteiger partial charge in [0.2, 0.25) is 0 Å². The molecule has 0 aliphatic rings. The first kappa shape index (κ1) is 54.4. The van der Waals surface area contributed by atoms with Crippen LogP contribution < -0.4 is 4.90 Å². The molecule has 9 nitrogen and oxygen atoms in total. The lowest BCUT2D eigenvalue weighted by atomic mass is 9.93. The second-order valence-electron chi connectivity index (χ2n) is 18.7. The Bertz CT molecular complexity index is 3740. The van der Waals surface area contributed by atoms with Gasteiger partial charge >= 0.3 is 17.9 Å². The van der Waals surface area contributed by atoms with Crippen molar-refractivity contribution in [2.24, 2.45) is 0 Å². The maximum atomic E-state index is 11.6. The predicted octanol–water partition coefficient (Wildman–Crippen LogP) is 16.1. The van der Waals surface area contributed by atoms with Crippen LogP contribution in [0.25, 0.3) is 53.7 Å². The normalized spacial score (nSPS) is 12.0. The van der Waals surface area contributed by atoms with Crippen molar-refractivity contribution in [3.8, 4) is 12.1 Å². The summed E-state index contributed by atoms with van der Waals surface area (Å²) in [7, 11) is 0. The smallest absolute Gasteiger partial charge is 0.346 e. The molecule has 0 aliphatic heterocycles. The fraction of sp³-hybridized carbons (Fsp3) is 0.0429. The first-order valence-corrected chi connectivity index (χ1v) is 25.2. The predicted molar refractivity (Wildman–Crippen MR) is 319 cm³/mol. The number of carboxylic acid groups (broad SMARTS) is 3. The van der Waals surface area contributed by atoms with Gasteiger partial charge in [-0.15, -0.1) is 0 Å². The van der Waals surface area contributed by atoms with E-state index < -0.39 is 29.1 Å². The maximum Gasteiger partial charge on any atom is 0.346 e. The summed E-state index contributed by atoms with van der Waals surface area (Å²) in [6.45, 7) is 5.71. The lowest BCUT2D eigenvalue weighted by Gasteiger charge is -2.26. The number of carbonyl (C=O) groups is 3. The van der Waals surface area contributed by atoms with Crippen LogP contribution in [0.3, 0.4) is 0 Å². The summed E-state index contributed by atoms with van der Waals surface area (Å²) in [6, 6.07) is 67.3. The molecule has 9 heteroatoms. The summed E-state index contributed by atoms with van der Waals surface area (Å²) in [5.41, 5.74) is 15.9. The van der Waals surface area contributed by atoms with E-state index in [-0.39, 0.29) is 5.57 Å². The number of anilines is 3. The summed E-state index contributed by atoms with van der Waals surface area (Å²) in [6.07, 6.45) is 16.7. The largest absolute Gasteiger partial charge is 0.478 e. The molecule has 0 heterocycles. The number of aryl methyl sites for hydroxylation is 2. The number of benzene rings is 8. The Morgan fingerprint density at radius 3 is 0.949 bits per heavy atom. The third-order valence-corrected chi connectivity index (χ3v) is 12.9. The number of hydrogen-bond acceptors (Lipinski definition) is 6. The van der Waals surface area contributed by atoms with Crippen LogP contribution in [0, 0.1) is 36.5 Å². The van der Waals surface area contributed by atoms with Crippen molar-refractivity contribution in [1.29, 1.82) is 10.5 Å². The van der Waals surface area contributed by atoms with Gasteiger partial charge in [-0.05, 0) is 160 Å². The van der Waals surface area contributed by atoms with Crippen LogP contribution in [0.1, 0.15) is 79.2 Å². The molecule has 8 aromatic rings. The van der Waals surface area contributed by atoms with Crippen LogP contribution in [0.5, 0.6) is 0 Å². The summed E-state index contributed by atoms with van der Waals surface area (Å²) >= 11 is 0. The Morgan fingerprint density at radius 1 is 0.367 bits per heavy atom. The molecule has 384 valence electrons. The van der Waals surface area contributed by atoms with E-state index in [1.165, 1.54) is 17.7 Å². The van der Waals surface area contributed by atoms with Gasteiger partial charge in [-0.3, -0.25) is 0 Å². The van der Waals surface area contributed by atoms with E-state index in [1.54, 1.807) is 49.4 Å². The van der Waals surface area contributed by atoms with E-state index in [0.717, 1.165) is 83.8 Å². The molecule has 0 unspecified atom stereocenters. The third kappa shape index (κ3) is 14.5. The third-order valence-electron chi connectivity index (χ3n) is 12.9. The van der Waals surface area contributed by atoms with E-state index in [4.69, 9.17) is 0 Å². The summed E-state index contributed by atoms with van der Waals surface area (Å²) in [5, 5.41) is 47.1. The quantitative estimate of drug-likeness (QED) is 0.0329. The number of hydrogen-bond donors (Lipinski definition) is 3. The molecule has 0 atom stereocenters. The molecule has 3 N–H and O–H groups in total. The highest BCUT2D eigenvalue weighted by Gasteiger charge is 2.15. The highest BCUT2D eigenvalue weighted by atomic mass is 16.4. The second-order valence-corrected chi connectivity index (χ2v) is 18.7. The molecule has 79 heavy (non-hydrogen) atoms. The standard InChI is InChI=1S/C70H53N3O6/c1-47-8-12-50(13-9-47)6-4-5-7-51-20-34-63(35-21-51)73(64-36-22-55(23-37-64)43-66(57-26-10-48(2)11-27-57)58-28-14-52(15-29-58)40-49(3)68(74)75)65-38-24-56(25-39-65)44-67(59-30-16-53(17-31-59)41-61(45-71)69(76)77)60-32-18-54(19-33-60)42-62(46-72)70(78)79/h4-44H,1-3H3,(H,74,75)(H,76,77)(H,78,79)/b6-4+,7-5+,49-40+,61-41+,62-42+,66-43-. The van der Waals surface area contributed by atoms with Gasteiger partial charge in [0, 0.05) is 22.6 Å². The first-order chi connectivity index (χ1) is 38.2. The molecule has 8 aromatic carbocycles. The van der Waals surface area contributed by atoms with E-state index >= 15 is 0 Å². The fourth-order valence-electron chi connectivity index (χ4n) is 8.57. The summed E-state index contributed by atoms with van der Waals surface area (Å²) in [4.78, 5) is 36.9. The molecule has 8 rings (SSSR count). The molecular weight excluding hydrogens is 979 g/mol. The van der Waals surface area contributed by atoms with Gasteiger partial charge in [0.1, 0.15) is 23.3 Å². The number of nitriles is 2. The molecule has 0 aliphatic carbocycles. The molecule has 0 amide bonds. The summed E-state index contributed by atoms with van der Waals surface area (Å²) < 4.78 is 0. The number of rotatable bonds is 18. The SMILES string of the molecule is C/C(=C\c1ccc(/C(=C\c2ccc(N(c3ccc(C=C(c4ccc(/C=C(\C#N)C(=O)O)cc4)c4ccc(/C=C(\C#N)C(=O)O)cc4)cc3)c3ccc(/C=C/C=C/c4ccc(C)cc4)cc3)cc2)c2ccc(C)cc2)cc1)C(=O)O. The van der Waals surface area contributed by atoms with Gasteiger partial charge in [0.05, 0.1) is 0 Å². The zero-order valence-electron chi connectivity index (χ0n) is 43.6. The maximum absolute atomic E-state index is 11.6. The highest BCUT2D eigenvalue weighted by Crippen LogP contribution is 2.37. The van der Waals surface area contributed by atoms with Gasteiger partial charge < -0.3 is 20.2 Å². The average molecular weight is 1030 g/mol. The van der Waals surface area contributed by atoms with Crippen LogP contribution in [0.4, 0.5) is 17.1 Å². The van der Waals surface area contributed by atoms with Crippen molar-refractivity contribution in [2.45, 2.75) is 20.8 Å². The van der Waals surface area contributed by atoms with Gasteiger partial charge in [-0.2, -0.15) is 10.5 Å². The first-order valence-electron chi connectivity index (χ1n) is 25.2. The topological polar surface area (TPSA) is 163 Å². The van der Waals surface area contributed by atoms with E-state index in [0.29, 0.717) is 11.1 Å². The number of nitrogens with zero attached hydrogens (tertiary/aromatic N) is 3. The monoisotopic (exact) mass is 1030 g/mol. The average Bonchev–Trinajstić information content (AvgIpc) is 3.46. The van der Waals surface area contributed by atoms with Crippen molar-refractivity contribution >= 4 is 88.6 Å². The number of carboxylic acids is 3. The molecule has 0 saturated carbocycles. The molecule has 0 radical (unpaired) electrons. The zero-order valence-corrected chi connectivity index (χ0v) is 43.6.